The highest BCUT2D eigenvalue weighted by Gasteiger charge is 2.41. The monoisotopic (exact) mass is 427 g/mol. The molecular formula is C16H21ClF3N3O3S. The summed E-state index contributed by atoms with van der Waals surface area (Å²) in [6.45, 7) is -0.0242. The molecule has 0 unspecified atom stereocenters. The highest BCUT2D eigenvalue weighted by atomic mass is 35.5. The van der Waals surface area contributed by atoms with Crippen LogP contribution >= 0.6 is 11.6 Å². The predicted octanol–water partition coefficient (Wildman–Crippen LogP) is 2.80. The van der Waals surface area contributed by atoms with Gasteiger partial charge in [0.25, 0.3) is 0 Å². The average Bonchev–Trinajstić information content (AvgIpc) is 2.55. The van der Waals surface area contributed by atoms with Crippen molar-refractivity contribution in [3.05, 3.63) is 23.2 Å². The SMILES string of the molecule is CN(C)S(=O)(=O)c1cc(NC(=O)CN2CCC[C@H](C(F)(F)F)C2)ccc1Cl. The molecule has 1 fully saturated rings. The van der Waals surface area contributed by atoms with Gasteiger partial charge in [0.15, 0.2) is 0 Å². The first-order valence-corrected chi connectivity index (χ1v) is 10.0. The molecule has 0 radical (unpaired) electrons. The molecule has 0 saturated carbocycles. The van der Waals surface area contributed by atoms with Crippen molar-refractivity contribution in [3.8, 4) is 0 Å². The van der Waals surface area contributed by atoms with Gasteiger partial charge in [0.1, 0.15) is 4.90 Å². The van der Waals surface area contributed by atoms with Gasteiger partial charge in [0, 0.05) is 26.3 Å². The Morgan fingerprint density at radius 1 is 1.37 bits per heavy atom. The number of halogens is 4. The first-order valence-electron chi connectivity index (χ1n) is 8.22. The Morgan fingerprint density at radius 3 is 2.63 bits per heavy atom. The number of nitrogens with one attached hydrogen (secondary N) is 1. The number of alkyl halides is 3. The van der Waals surface area contributed by atoms with E-state index in [1.807, 2.05) is 0 Å². The van der Waals surface area contributed by atoms with Crippen LogP contribution in [-0.4, -0.2) is 63.4 Å². The number of nitrogens with zero attached hydrogens (tertiary/aromatic N) is 2. The van der Waals surface area contributed by atoms with Gasteiger partial charge in [-0.1, -0.05) is 11.6 Å². The smallest absolute Gasteiger partial charge is 0.325 e. The van der Waals surface area contributed by atoms with E-state index >= 15 is 0 Å². The second-order valence-electron chi connectivity index (χ2n) is 6.60. The van der Waals surface area contributed by atoms with Crippen molar-refractivity contribution in [2.24, 2.45) is 5.92 Å². The Labute approximate surface area is 161 Å². The van der Waals surface area contributed by atoms with Crippen LogP contribution < -0.4 is 5.32 Å². The summed E-state index contributed by atoms with van der Waals surface area (Å²) in [6, 6.07) is 4.00. The summed E-state index contributed by atoms with van der Waals surface area (Å²) in [5.74, 6) is -1.96. The Hall–Kier alpha value is -1.36. The summed E-state index contributed by atoms with van der Waals surface area (Å²) < 4.78 is 64.1. The zero-order chi connectivity index (χ0) is 20.4. The van der Waals surface area contributed by atoms with Gasteiger partial charge in [0.2, 0.25) is 15.9 Å². The van der Waals surface area contributed by atoms with E-state index in [4.69, 9.17) is 11.6 Å². The Bertz CT molecular complexity index is 800. The van der Waals surface area contributed by atoms with E-state index in [1.54, 1.807) is 0 Å². The predicted molar refractivity (Wildman–Crippen MR) is 96.2 cm³/mol. The largest absolute Gasteiger partial charge is 0.393 e. The van der Waals surface area contributed by atoms with E-state index in [0.29, 0.717) is 13.0 Å². The number of likely N-dealkylation sites (tertiary alicyclic amines) is 1. The van der Waals surface area contributed by atoms with Crippen LogP contribution in [0.1, 0.15) is 12.8 Å². The fourth-order valence-corrected chi connectivity index (χ4v) is 4.24. The van der Waals surface area contributed by atoms with Gasteiger partial charge in [-0.05, 0) is 37.6 Å². The van der Waals surface area contributed by atoms with E-state index in [2.05, 4.69) is 5.32 Å². The number of anilines is 1. The molecule has 2 rings (SSSR count). The molecule has 1 saturated heterocycles. The van der Waals surface area contributed by atoms with Gasteiger partial charge < -0.3 is 5.32 Å². The highest BCUT2D eigenvalue weighted by molar-refractivity contribution is 7.89. The second kappa shape index (κ2) is 8.34. The number of piperidine rings is 1. The Kier molecular flexibility index (Phi) is 6.77. The molecule has 1 aromatic rings. The van der Waals surface area contributed by atoms with Gasteiger partial charge in [-0.2, -0.15) is 13.2 Å². The van der Waals surface area contributed by atoms with Gasteiger partial charge in [-0.3, -0.25) is 9.69 Å². The number of hydrogen-bond acceptors (Lipinski definition) is 4. The maximum atomic E-state index is 12.9. The topological polar surface area (TPSA) is 69.7 Å². The molecule has 0 spiro atoms. The fraction of sp³-hybridized carbons (Fsp3) is 0.562. The maximum absolute atomic E-state index is 12.9. The van der Waals surface area contributed by atoms with E-state index in [-0.39, 0.29) is 35.1 Å². The molecule has 1 N–H and O–H groups in total. The van der Waals surface area contributed by atoms with Crippen LogP contribution in [0.3, 0.4) is 0 Å². The molecule has 1 aliphatic rings. The van der Waals surface area contributed by atoms with Crippen molar-refractivity contribution in [3.63, 3.8) is 0 Å². The molecule has 1 heterocycles. The van der Waals surface area contributed by atoms with Gasteiger partial charge in [0.05, 0.1) is 17.5 Å². The number of carbonyl (C=O) groups is 1. The third-order valence-electron chi connectivity index (χ3n) is 4.31. The van der Waals surface area contributed by atoms with Gasteiger partial charge >= 0.3 is 6.18 Å². The highest BCUT2D eigenvalue weighted by Crippen LogP contribution is 2.33. The number of carbonyl (C=O) groups excluding carboxylic acids is 1. The lowest BCUT2D eigenvalue weighted by Crippen LogP contribution is -2.44. The lowest BCUT2D eigenvalue weighted by atomic mass is 9.97. The zero-order valence-electron chi connectivity index (χ0n) is 14.9. The van der Waals surface area contributed by atoms with Crippen molar-refractivity contribution in [1.29, 1.82) is 0 Å². The van der Waals surface area contributed by atoms with Crippen LogP contribution in [0.4, 0.5) is 18.9 Å². The lowest BCUT2D eigenvalue weighted by molar-refractivity contribution is -0.186. The molecule has 0 aromatic heterocycles. The van der Waals surface area contributed by atoms with Crippen LogP contribution in [0.5, 0.6) is 0 Å². The molecule has 27 heavy (non-hydrogen) atoms. The molecule has 152 valence electrons. The minimum atomic E-state index is -4.28. The summed E-state index contributed by atoms with van der Waals surface area (Å²) in [5, 5.41) is 2.52. The summed E-state index contributed by atoms with van der Waals surface area (Å²) >= 11 is 5.94. The summed E-state index contributed by atoms with van der Waals surface area (Å²) in [6.07, 6.45) is -3.85. The van der Waals surface area contributed by atoms with Crippen molar-refractivity contribution in [2.75, 3.05) is 39.0 Å². The zero-order valence-corrected chi connectivity index (χ0v) is 16.5. The van der Waals surface area contributed by atoms with Crippen molar-refractivity contribution < 1.29 is 26.4 Å². The molecule has 11 heteroatoms. The first-order chi connectivity index (χ1) is 12.4. The molecule has 1 aliphatic heterocycles. The lowest BCUT2D eigenvalue weighted by Gasteiger charge is -2.33. The minimum Gasteiger partial charge on any atom is -0.325 e. The number of hydrogen-bond donors (Lipinski definition) is 1. The first kappa shape index (κ1) is 21.9. The maximum Gasteiger partial charge on any atom is 0.393 e. The quantitative estimate of drug-likeness (QED) is 0.784. The number of amides is 1. The standard InChI is InChI=1S/C16H21ClF3N3O3S/c1-22(2)27(25,26)14-8-12(5-6-13(14)17)21-15(24)10-23-7-3-4-11(9-23)16(18,19)20/h5-6,8,11H,3-4,7,9-10H2,1-2H3,(H,21,24)/t11-/m0/s1. The van der Waals surface area contributed by atoms with Crippen molar-refractivity contribution in [1.82, 2.24) is 9.21 Å². The summed E-state index contributed by atoms with van der Waals surface area (Å²) in [7, 11) is -1.10. The minimum absolute atomic E-state index is 0.00532. The number of rotatable bonds is 5. The molecule has 1 aromatic carbocycles. The molecule has 1 atom stereocenters. The Balaban J connectivity index is 2.06. The van der Waals surface area contributed by atoms with Crippen LogP contribution in [0, 0.1) is 5.92 Å². The fourth-order valence-electron chi connectivity index (χ4n) is 2.85. The molecule has 1 amide bonds. The summed E-state index contributed by atoms with van der Waals surface area (Å²) in [4.78, 5) is 13.5. The van der Waals surface area contributed by atoms with Crippen molar-refractivity contribution >= 4 is 33.2 Å². The Morgan fingerprint density at radius 2 is 2.04 bits per heavy atom. The van der Waals surface area contributed by atoms with Crippen molar-refractivity contribution in [2.45, 2.75) is 23.9 Å². The third-order valence-corrected chi connectivity index (χ3v) is 6.61. The van der Waals surface area contributed by atoms with Crippen LogP contribution in [0.15, 0.2) is 23.1 Å². The molecular weight excluding hydrogens is 407 g/mol. The van der Waals surface area contributed by atoms with Crippen LogP contribution in [0.2, 0.25) is 5.02 Å². The molecule has 6 nitrogen and oxygen atoms in total. The number of sulfonamides is 1. The average molecular weight is 428 g/mol. The molecule has 0 bridgehead atoms. The van der Waals surface area contributed by atoms with E-state index in [0.717, 1.165) is 4.31 Å². The summed E-state index contributed by atoms with van der Waals surface area (Å²) in [5.41, 5.74) is 0.203. The van der Waals surface area contributed by atoms with E-state index in [9.17, 15) is 26.4 Å². The number of benzene rings is 1. The van der Waals surface area contributed by atoms with Gasteiger partial charge in [-0.25, -0.2) is 12.7 Å². The normalized spacial score (nSPS) is 19.3. The van der Waals surface area contributed by atoms with E-state index < -0.39 is 28.0 Å². The molecule has 0 aliphatic carbocycles. The van der Waals surface area contributed by atoms with Gasteiger partial charge in [-0.15, -0.1) is 0 Å². The third kappa shape index (κ3) is 5.56. The second-order valence-corrected chi connectivity index (χ2v) is 9.12. The van der Waals surface area contributed by atoms with E-state index in [1.165, 1.54) is 37.2 Å². The van der Waals surface area contributed by atoms with Crippen LogP contribution in [-0.2, 0) is 14.8 Å². The van der Waals surface area contributed by atoms with Crippen LogP contribution in [0.25, 0.3) is 0 Å².